The Morgan fingerprint density at radius 3 is 2.00 bits per heavy atom. The van der Waals surface area contributed by atoms with Gasteiger partial charge in [-0.3, -0.25) is 0 Å². The molecule has 3 heteroatoms. The third-order valence-electron chi connectivity index (χ3n) is 4.52. The minimum absolute atomic E-state index is 0.851. The molecule has 0 N–H and O–H groups in total. The van der Waals surface area contributed by atoms with Crippen molar-refractivity contribution in [3.8, 4) is 22.6 Å². The van der Waals surface area contributed by atoms with Crippen molar-refractivity contribution in [3.63, 3.8) is 0 Å². The van der Waals surface area contributed by atoms with Gasteiger partial charge in [-0.2, -0.15) is 0 Å². The normalized spacial score (nSPS) is 11.0. The zero-order valence-corrected chi connectivity index (χ0v) is 16.2. The molecule has 2 nitrogen and oxygen atoms in total. The highest BCUT2D eigenvalue weighted by molar-refractivity contribution is 14.1. The summed E-state index contributed by atoms with van der Waals surface area (Å²) in [6.07, 6.45) is 0. The molecule has 0 unspecified atom stereocenters. The monoisotopic (exact) mass is 440 g/mol. The molecule has 0 saturated heterocycles. The van der Waals surface area contributed by atoms with Crippen molar-refractivity contribution < 1.29 is 9.47 Å². The van der Waals surface area contributed by atoms with Crippen LogP contribution in [0.4, 0.5) is 0 Å². The van der Waals surface area contributed by atoms with Gasteiger partial charge in [-0.25, -0.2) is 0 Å². The van der Waals surface area contributed by atoms with Crippen molar-refractivity contribution in [2.75, 3.05) is 14.2 Å². The van der Waals surface area contributed by atoms with E-state index in [9.17, 15) is 0 Å². The molecule has 0 radical (unpaired) electrons. The molecule has 0 heterocycles. The second-order valence-corrected chi connectivity index (χ2v) is 7.01. The lowest BCUT2D eigenvalue weighted by Gasteiger charge is -2.18. The van der Waals surface area contributed by atoms with Crippen LogP contribution in [0.3, 0.4) is 0 Å². The Morgan fingerprint density at radius 1 is 0.680 bits per heavy atom. The Labute approximate surface area is 160 Å². The highest BCUT2D eigenvalue weighted by atomic mass is 127. The van der Waals surface area contributed by atoms with Crippen LogP contribution in [0.15, 0.2) is 66.7 Å². The van der Waals surface area contributed by atoms with E-state index in [1.54, 1.807) is 14.2 Å². The second-order valence-electron chi connectivity index (χ2n) is 5.85. The van der Waals surface area contributed by atoms with E-state index in [0.717, 1.165) is 37.0 Å². The number of hydrogen-bond acceptors (Lipinski definition) is 2. The first kappa shape index (κ1) is 16.2. The molecular formula is C22H17IO2. The van der Waals surface area contributed by atoms with Gasteiger partial charge in [0.1, 0.15) is 11.5 Å². The van der Waals surface area contributed by atoms with Gasteiger partial charge in [0.25, 0.3) is 0 Å². The SMILES string of the molecule is COc1ccc2ccccc2c1-c1c(OC)c(I)cc2ccccc12. The predicted octanol–water partition coefficient (Wildman–Crippen LogP) is 6.28. The summed E-state index contributed by atoms with van der Waals surface area (Å²) in [7, 11) is 3.45. The smallest absolute Gasteiger partial charge is 0.140 e. The van der Waals surface area contributed by atoms with E-state index in [2.05, 4.69) is 83.3 Å². The lowest BCUT2D eigenvalue weighted by molar-refractivity contribution is 0.409. The number of benzene rings is 4. The number of fused-ring (bicyclic) bond motifs is 2. The zero-order chi connectivity index (χ0) is 17.4. The van der Waals surface area contributed by atoms with Crippen LogP contribution in [0.2, 0.25) is 0 Å². The van der Waals surface area contributed by atoms with Crippen LogP contribution >= 0.6 is 22.6 Å². The van der Waals surface area contributed by atoms with Gasteiger partial charge < -0.3 is 9.47 Å². The summed E-state index contributed by atoms with van der Waals surface area (Å²) in [5.41, 5.74) is 2.16. The van der Waals surface area contributed by atoms with E-state index in [1.807, 2.05) is 6.07 Å². The Balaban J connectivity index is 2.24. The van der Waals surface area contributed by atoms with E-state index in [0.29, 0.717) is 0 Å². The molecule has 4 aromatic carbocycles. The van der Waals surface area contributed by atoms with E-state index in [-0.39, 0.29) is 0 Å². The summed E-state index contributed by atoms with van der Waals surface area (Å²) in [5, 5.41) is 4.70. The molecule has 4 aromatic rings. The van der Waals surface area contributed by atoms with Gasteiger partial charge in [-0.05, 0) is 56.3 Å². The summed E-state index contributed by atoms with van der Waals surface area (Å²) < 4.78 is 12.6. The average molecular weight is 440 g/mol. The van der Waals surface area contributed by atoms with E-state index in [4.69, 9.17) is 9.47 Å². The first-order valence-electron chi connectivity index (χ1n) is 8.06. The second kappa shape index (κ2) is 6.56. The lowest BCUT2D eigenvalue weighted by atomic mass is 9.92. The zero-order valence-electron chi connectivity index (χ0n) is 14.0. The number of methoxy groups -OCH3 is 2. The third kappa shape index (κ3) is 2.63. The van der Waals surface area contributed by atoms with Gasteiger partial charge in [0.05, 0.1) is 17.8 Å². The molecular weight excluding hydrogens is 423 g/mol. The van der Waals surface area contributed by atoms with Crippen molar-refractivity contribution in [2.24, 2.45) is 0 Å². The van der Waals surface area contributed by atoms with Gasteiger partial charge in [0.15, 0.2) is 0 Å². The first-order chi connectivity index (χ1) is 12.2. The molecule has 0 saturated carbocycles. The van der Waals surface area contributed by atoms with E-state index < -0.39 is 0 Å². The van der Waals surface area contributed by atoms with Crippen molar-refractivity contribution in [1.29, 1.82) is 0 Å². The fourth-order valence-corrected chi connectivity index (χ4v) is 4.25. The third-order valence-corrected chi connectivity index (χ3v) is 5.32. The summed E-state index contributed by atoms with van der Waals surface area (Å²) >= 11 is 2.34. The molecule has 0 fully saturated rings. The number of rotatable bonds is 3. The Kier molecular flexibility index (Phi) is 4.25. The highest BCUT2D eigenvalue weighted by Gasteiger charge is 2.20. The highest BCUT2D eigenvalue weighted by Crippen LogP contribution is 2.46. The van der Waals surface area contributed by atoms with Crippen molar-refractivity contribution >= 4 is 44.1 Å². The van der Waals surface area contributed by atoms with Crippen molar-refractivity contribution in [1.82, 2.24) is 0 Å². The fourth-order valence-electron chi connectivity index (χ4n) is 3.42. The summed E-state index contributed by atoms with van der Waals surface area (Å²) in [5.74, 6) is 1.73. The standard InChI is InChI=1S/C22H17IO2/c1-24-19-12-11-14-7-3-5-9-16(14)20(19)21-17-10-6-4-8-15(17)13-18(23)22(21)25-2/h3-13H,1-2H3. The van der Waals surface area contributed by atoms with Crippen LogP contribution < -0.4 is 9.47 Å². The van der Waals surface area contributed by atoms with Crippen LogP contribution in [0.1, 0.15) is 0 Å². The van der Waals surface area contributed by atoms with Crippen LogP contribution in [-0.2, 0) is 0 Å². The fraction of sp³-hybridized carbons (Fsp3) is 0.0909. The molecule has 4 rings (SSSR count). The Morgan fingerprint density at radius 2 is 1.32 bits per heavy atom. The summed E-state index contributed by atoms with van der Waals surface area (Å²) in [6.45, 7) is 0. The first-order valence-corrected chi connectivity index (χ1v) is 9.14. The topological polar surface area (TPSA) is 18.5 Å². The molecule has 0 atom stereocenters. The number of halogens is 1. The number of ether oxygens (including phenoxy) is 2. The maximum absolute atomic E-state index is 5.82. The Hall–Kier alpha value is -2.27. The minimum atomic E-state index is 0.851. The van der Waals surface area contributed by atoms with Gasteiger partial charge in [-0.1, -0.05) is 54.6 Å². The van der Waals surface area contributed by atoms with Crippen LogP contribution in [0.5, 0.6) is 11.5 Å². The van der Waals surface area contributed by atoms with E-state index in [1.165, 1.54) is 10.8 Å². The minimum Gasteiger partial charge on any atom is -0.496 e. The van der Waals surface area contributed by atoms with Gasteiger partial charge in [0, 0.05) is 11.1 Å². The summed E-state index contributed by atoms with van der Waals surface area (Å²) in [4.78, 5) is 0. The predicted molar refractivity (Wildman–Crippen MR) is 113 cm³/mol. The van der Waals surface area contributed by atoms with Gasteiger partial charge in [0.2, 0.25) is 0 Å². The lowest BCUT2D eigenvalue weighted by Crippen LogP contribution is -1.96. The molecule has 0 amide bonds. The summed E-state index contributed by atoms with van der Waals surface area (Å²) in [6, 6.07) is 23.1. The molecule has 0 bridgehead atoms. The maximum Gasteiger partial charge on any atom is 0.140 e. The molecule has 0 aromatic heterocycles. The Bertz CT molecular complexity index is 1090. The largest absolute Gasteiger partial charge is 0.496 e. The van der Waals surface area contributed by atoms with Gasteiger partial charge >= 0.3 is 0 Å². The molecule has 25 heavy (non-hydrogen) atoms. The van der Waals surface area contributed by atoms with Gasteiger partial charge in [-0.15, -0.1) is 0 Å². The van der Waals surface area contributed by atoms with Crippen LogP contribution in [-0.4, -0.2) is 14.2 Å². The van der Waals surface area contributed by atoms with Crippen LogP contribution in [0.25, 0.3) is 32.7 Å². The average Bonchev–Trinajstić information content (AvgIpc) is 2.66. The molecule has 0 aliphatic rings. The quantitative estimate of drug-likeness (QED) is 0.349. The van der Waals surface area contributed by atoms with E-state index >= 15 is 0 Å². The molecule has 0 spiro atoms. The molecule has 0 aliphatic carbocycles. The van der Waals surface area contributed by atoms with Crippen LogP contribution in [0, 0.1) is 3.57 Å². The number of hydrogen-bond donors (Lipinski definition) is 0. The van der Waals surface area contributed by atoms with Crippen molar-refractivity contribution in [3.05, 3.63) is 70.3 Å². The molecule has 0 aliphatic heterocycles. The molecule has 124 valence electrons. The maximum atomic E-state index is 5.82. The van der Waals surface area contributed by atoms with Crippen molar-refractivity contribution in [2.45, 2.75) is 0 Å².